The van der Waals surface area contributed by atoms with Gasteiger partial charge in [0.1, 0.15) is 11.6 Å². The molecule has 1 aromatic carbocycles. The van der Waals surface area contributed by atoms with Gasteiger partial charge in [-0.05, 0) is 6.07 Å². The second-order valence-corrected chi connectivity index (χ2v) is 6.27. The van der Waals surface area contributed by atoms with Gasteiger partial charge in [0.05, 0.1) is 18.5 Å². The Morgan fingerprint density at radius 3 is 2.61 bits per heavy atom. The minimum Gasteiger partial charge on any atom is -0.496 e. The van der Waals surface area contributed by atoms with E-state index in [0.29, 0.717) is 11.6 Å². The van der Waals surface area contributed by atoms with Crippen molar-refractivity contribution in [2.24, 2.45) is 0 Å². The first kappa shape index (κ1) is 16.7. The van der Waals surface area contributed by atoms with Crippen LogP contribution in [0.15, 0.2) is 24.3 Å². The van der Waals surface area contributed by atoms with Gasteiger partial charge in [0, 0.05) is 29.7 Å². The molecule has 0 saturated carbocycles. The number of amides is 1. The number of nitrogens with zero attached hydrogens (tertiary/aromatic N) is 2. The van der Waals surface area contributed by atoms with Gasteiger partial charge in [0.2, 0.25) is 0 Å². The highest BCUT2D eigenvalue weighted by Gasteiger charge is 2.20. The third-order valence-corrected chi connectivity index (χ3v) is 3.45. The normalized spacial score (nSPS) is 11.3. The summed E-state index contributed by atoms with van der Waals surface area (Å²) in [5, 5.41) is 15.6. The lowest BCUT2D eigenvalue weighted by Crippen LogP contribution is -2.20. The molecule has 124 valence electrons. The first-order valence-electron chi connectivity index (χ1n) is 7.22. The number of methoxy groups -OCH3 is 1. The van der Waals surface area contributed by atoms with E-state index in [1.807, 2.05) is 12.1 Å². The van der Waals surface area contributed by atoms with Gasteiger partial charge in [0.25, 0.3) is 0 Å². The molecule has 0 unspecified atom stereocenters. The Balaban J connectivity index is 2.37. The van der Waals surface area contributed by atoms with Crippen molar-refractivity contribution >= 4 is 11.9 Å². The number of ether oxygens (including phenoxy) is 1. The topological polar surface area (TPSA) is 102 Å². The maximum atomic E-state index is 10.6. The second kappa shape index (κ2) is 6.20. The van der Waals surface area contributed by atoms with Crippen LogP contribution in [0.5, 0.6) is 5.75 Å². The zero-order chi connectivity index (χ0) is 17.2. The minimum absolute atomic E-state index is 0.102. The van der Waals surface area contributed by atoms with E-state index in [2.05, 4.69) is 31.2 Å². The number of nitrogens with two attached hydrogens (primary N) is 1. The van der Waals surface area contributed by atoms with E-state index in [1.54, 1.807) is 16.8 Å². The molecule has 7 nitrogen and oxygen atoms in total. The molecule has 0 atom stereocenters. The number of hydrogen-bond acceptors (Lipinski definition) is 4. The number of anilines is 1. The largest absolute Gasteiger partial charge is 0.496 e. The van der Waals surface area contributed by atoms with E-state index >= 15 is 0 Å². The summed E-state index contributed by atoms with van der Waals surface area (Å²) in [7, 11) is 1.54. The fourth-order valence-electron chi connectivity index (χ4n) is 2.15. The van der Waals surface area contributed by atoms with Gasteiger partial charge in [-0.1, -0.05) is 26.8 Å². The average molecular weight is 318 g/mol. The molecular weight excluding hydrogens is 296 g/mol. The Kier molecular flexibility index (Phi) is 4.49. The SMILES string of the molecule is COc1cc(-n2nc(C(C)(C)C)cc2N)ccc1CNC(=O)O. The number of nitrogens with one attached hydrogen (secondary N) is 1. The molecule has 0 bridgehead atoms. The van der Waals surface area contributed by atoms with Gasteiger partial charge >= 0.3 is 6.09 Å². The van der Waals surface area contributed by atoms with Crippen LogP contribution in [0.3, 0.4) is 0 Å². The van der Waals surface area contributed by atoms with Gasteiger partial charge in [0.15, 0.2) is 0 Å². The zero-order valence-corrected chi connectivity index (χ0v) is 13.8. The number of carbonyl (C=O) groups is 1. The van der Waals surface area contributed by atoms with Gasteiger partial charge in [-0.3, -0.25) is 0 Å². The van der Waals surface area contributed by atoms with Crippen molar-refractivity contribution in [1.29, 1.82) is 0 Å². The van der Waals surface area contributed by atoms with Crippen molar-refractivity contribution in [2.45, 2.75) is 32.7 Å². The van der Waals surface area contributed by atoms with Crippen LogP contribution in [0.4, 0.5) is 10.6 Å². The highest BCUT2D eigenvalue weighted by atomic mass is 16.5. The zero-order valence-electron chi connectivity index (χ0n) is 13.8. The highest BCUT2D eigenvalue weighted by Crippen LogP contribution is 2.27. The van der Waals surface area contributed by atoms with E-state index in [1.165, 1.54) is 7.11 Å². The Bertz CT molecular complexity index is 717. The summed E-state index contributed by atoms with van der Waals surface area (Å²) in [6.45, 7) is 6.38. The number of rotatable bonds is 4. The van der Waals surface area contributed by atoms with E-state index in [9.17, 15) is 4.79 Å². The van der Waals surface area contributed by atoms with E-state index < -0.39 is 6.09 Å². The van der Waals surface area contributed by atoms with E-state index in [-0.39, 0.29) is 12.0 Å². The van der Waals surface area contributed by atoms with Crippen molar-refractivity contribution in [1.82, 2.24) is 15.1 Å². The molecule has 4 N–H and O–H groups in total. The molecule has 0 radical (unpaired) electrons. The summed E-state index contributed by atoms with van der Waals surface area (Å²) in [4.78, 5) is 10.6. The molecule has 0 aliphatic heterocycles. The van der Waals surface area contributed by atoms with Crippen molar-refractivity contribution in [2.75, 3.05) is 12.8 Å². The van der Waals surface area contributed by atoms with Gasteiger partial charge in [-0.2, -0.15) is 5.10 Å². The van der Waals surface area contributed by atoms with Crippen molar-refractivity contribution < 1.29 is 14.6 Å². The van der Waals surface area contributed by atoms with Crippen LogP contribution in [-0.2, 0) is 12.0 Å². The average Bonchev–Trinajstić information content (AvgIpc) is 2.87. The number of carboxylic acid groups (broad SMARTS) is 1. The molecule has 2 aromatic rings. The van der Waals surface area contributed by atoms with Crippen molar-refractivity contribution in [3.05, 3.63) is 35.5 Å². The lowest BCUT2D eigenvalue weighted by atomic mass is 9.92. The molecule has 0 spiro atoms. The summed E-state index contributed by atoms with van der Waals surface area (Å²) in [5.74, 6) is 1.11. The summed E-state index contributed by atoms with van der Waals surface area (Å²) in [6, 6.07) is 7.26. The van der Waals surface area contributed by atoms with Crippen LogP contribution in [-0.4, -0.2) is 28.1 Å². The fourth-order valence-corrected chi connectivity index (χ4v) is 2.15. The predicted molar refractivity (Wildman–Crippen MR) is 88.1 cm³/mol. The Labute approximate surface area is 135 Å². The van der Waals surface area contributed by atoms with Crippen LogP contribution in [0, 0.1) is 0 Å². The Morgan fingerprint density at radius 2 is 2.09 bits per heavy atom. The molecule has 0 aliphatic rings. The molecule has 0 aliphatic carbocycles. The molecule has 1 heterocycles. The molecule has 0 fully saturated rings. The fraction of sp³-hybridized carbons (Fsp3) is 0.375. The van der Waals surface area contributed by atoms with E-state index in [4.69, 9.17) is 15.6 Å². The van der Waals surface area contributed by atoms with E-state index in [0.717, 1.165) is 16.9 Å². The summed E-state index contributed by atoms with van der Waals surface area (Å²) in [6.07, 6.45) is -1.08. The third kappa shape index (κ3) is 3.74. The van der Waals surface area contributed by atoms with Crippen LogP contribution in [0.1, 0.15) is 32.0 Å². The van der Waals surface area contributed by atoms with Gasteiger partial charge < -0.3 is 20.9 Å². The summed E-state index contributed by atoms with van der Waals surface area (Å²) < 4.78 is 6.99. The molecule has 2 rings (SSSR count). The molecule has 0 saturated heterocycles. The lowest BCUT2D eigenvalue weighted by molar-refractivity contribution is 0.194. The predicted octanol–water partition coefficient (Wildman–Crippen LogP) is 2.53. The number of nitrogen functional groups attached to an aromatic ring is 1. The molecular formula is C16H22N4O3. The Morgan fingerprint density at radius 1 is 1.39 bits per heavy atom. The number of hydrogen-bond donors (Lipinski definition) is 3. The smallest absolute Gasteiger partial charge is 0.404 e. The van der Waals surface area contributed by atoms with Gasteiger partial charge in [-0.25, -0.2) is 9.48 Å². The Hall–Kier alpha value is -2.70. The minimum atomic E-state index is -1.08. The second-order valence-electron chi connectivity index (χ2n) is 6.27. The monoisotopic (exact) mass is 318 g/mol. The van der Waals surface area contributed by atoms with Crippen LogP contribution in [0.2, 0.25) is 0 Å². The maximum absolute atomic E-state index is 10.6. The van der Waals surface area contributed by atoms with Crippen LogP contribution in [0.25, 0.3) is 5.69 Å². The molecule has 1 aromatic heterocycles. The number of benzene rings is 1. The third-order valence-electron chi connectivity index (χ3n) is 3.45. The highest BCUT2D eigenvalue weighted by molar-refractivity contribution is 5.64. The van der Waals surface area contributed by atoms with Crippen molar-refractivity contribution in [3.8, 4) is 11.4 Å². The van der Waals surface area contributed by atoms with Crippen LogP contribution >= 0.6 is 0 Å². The van der Waals surface area contributed by atoms with Gasteiger partial charge in [-0.15, -0.1) is 0 Å². The summed E-state index contributed by atoms with van der Waals surface area (Å²) in [5.41, 5.74) is 8.35. The molecule has 23 heavy (non-hydrogen) atoms. The van der Waals surface area contributed by atoms with Crippen molar-refractivity contribution in [3.63, 3.8) is 0 Å². The number of aromatic nitrogens is 2. The van der Waals surface area contributed by atoms with Crippen LogP contribution < -0.4 is 15.8 Å². The summed E-state index contributed by atoms with van der Waals surface area (Å²) >= 11 is 0. The first-order chi connectivity index (χ1) is 10.7. The molecule has 7 heteroatoms. The lowest BCUT2D eigenvalue weighted by Gasteiger charge is -2.14. The first-order valence-corrected chi connectivity index (χ1v) is 7.22. The maximum Gasteiger partial charge on any atom is 0.404 e. The molecule has 1 amide bonds. The quantitative estimate of drug-likeness (QED) is 0.804. The standard InChI is InChI=1S/C16H22N4O3/c1-16(2,3)13-8-14(17)20(19-13)11-6-5-10(9-18-15(21)22)12(7-11)23-4/h5-8,18H,9,17H2,1-4H3,(H,21,22).